The zero-order valence-corrected chi connectivity index (χ0v) is 13.0. The highest BCUT2D eigenvalue weighted by molar-refractivity contribution is 5.33. The number of imidazole rings is 1. The number of hydrogen-bond acceptors (Lipinski definition) is 4. The summed E-state index contributed by atoms with van der Waals surface area (Å²) in [7, 11) is 2.04. The van der Waals surface area contributed by atoms with Gasteiger partial charge >= 0.3 is 0 Å². The van der Waals surface area contributed by atoms with Crippen LogP contribution >= 0.6 is 0 Å². The molecule has 22 heavy (non-hydrogen) atoms. The Hall–Kier alpha value is -1.98. The first-order chi connectivity index (χ1) is 10.8. The lowest BCUT2D eigenvalue weighted by Crippen LogP contribution is -2.31. The lowest BCUT2D eigenvalue weighted by molar-refractivity contribution is 0.146. The molecule has 5 heteroatoms. The van der Waals surface area contributed by atoms with Crippen molar-refractivity contribution in [1.29, 1.82) is 0 Å². The molecule has 3 heterocycles. The maximum Gasteiger partial charge on any atom is 0.122 e. The van der Waals surface area contributed by atoms with Gasteiger partial charge in [0.1, 0.15) is 5.82 Å². The van der Waals surface area contributed by atoms with E-state index in [-0.39, 0.29) is 0 Å². The van der Waals surface area contributed by atoms with Crippen LogP contribution in [0.25, 0.3) is 0 Å². The third kappa shape index (κ3) is 3.26. The van der Waals surface area contributed by atoms with E-state index in [2.05, 4.69) is 26.0 Å². The monoisotopic (exact) mass is 298 g/mol. The van der Waals surface area contributed by atoms with Gasteiger partial charge in [-0.3, -0.25) is 9.88 Å². The topological polar surface area (TPSA) is 43.2 Å². The van der Waals surface area contributed by atoms with Gasteiger partial charge in [0.05, 0.1) is 19.8 Å². The minimum Gasteiger partial charge on any atom is -0.373 e. The smallest absolute Gasteiger partial charge is 0.122 e. The van der Waals surface area contributed by atoms with Crippen LogP contribution in [-0.2, 0) is 37.9 Å². The highest BCUT2D eigenvalue weighted by atomic mass is 16.5. The van der Waals surface area contributed by atoms with Crippen LogP contribution in [0.5, 0.6) is 0 Å². The van der Waals surface area contributed by atoms with Crippen LogP contribution in [0.1, 0.15) is 22.5 Å². The van der Waals surface area contributed by atoms with Gasteiger partial charge in [-0.1, -0.05) is 6.08 Å². The van der Waals surface area contributed by atoms with Gasteiger partial charge < -0.3 is 9.30 Å². The minimum absolute atomic E-state index is 0.578. The Labute approximate surface area is 131 Å². The molecule has 0 aromatic carbocycles. The van der Waals surface area contributed by atoms with Gasteiger partial charge in [-0.05, 0) is 23.1 Å². The van der Waals surface area contributed by atoms with E-state index in [1.807, 2.05) is 31.8 Å². The number of fused-ring (bicyclic) bond motifs is 1. The van der Waals surface area contributed by atoms with Crippen molar-refractivity contribution in [3.8, 4) is 0 Å². The maximum atomic E-state index is 5.58. The molecule has 0 unspecified atom stereocenters. The van der Waals surface area contributed by atoms with E-state index in [0.29, 0.717) is 13.2 Å². The third-order valence-corrected chi connectivity index (χ3v) is 4.09. The molecule has 0 saturated heterocycles. The Balaban J connectivity index is 1.69. The molecule has 0 aliphatic carbocycles. The fourth-order valence-electron chi connectivity index (χ4n) is 2.89. The highest BCUT2D eigenvalue weighted by Gasteiger charge is 2.20. The number of hydrogen-bond donors (Lipinski definition) is 0. The van der Waals surface area contributed by atoms with Gasteiger partial charge in [-0.2, -0.15) is 0 Å². The molecule has 0 fully saturated rings. The normalized spacial score (nSPS) is 14.8. The van der Waals surface area contributed by atoms with Crippen LogP contribution in [0, 0.1) is 0 Å². The molecule has 5 nitrogen and oxygen atoms in total. The molecule has 1 aliphatic rings. The van der Waals surface area contributed by atoms with E-state index >= 15 is 0 Å². The van der Waals surface area contributed by atoms with Crippen molar-refractivity contribution in [2.75, 3.05) is 13.2 Å². The standard InChI is InChI=1S/C17H22N4O/c1-3-8-22-13-15-10-18-9-14-11-21(6-4-16(14)15)12-17-19-5-7-20(17)2/h3,5,7,9-10H,1,4,6,8,11-13H2,2H3. The minimum atomic E-state index is 0.578. The molecule has 116 valence electrons. The fraction of sp³-hybridized carbons (Fsp3) is 0.412. The zero-order valence-electron chi connectivity index (χ0n) is 13.0. The van der Waals surface area contributed by atoms with Crippen LogP contribution < -0.4 is 0 Å². The van der Waals surface area contributed by atoms with Gasteiger partial charge in [0.2, 0.25) is 0 Å². The van der Waals surface area contributed by atoms with Gasteiger partial charge in [0.25, 0.3) is 0 Å². The summed E-state index contributed by atoms with van der Waals surface area (Å²) in [5, 5.41) is 0. The van der Waals surface area contributed by atoms with Crippen molar-refractivity contribution in [1.82, 2.24) is 19.4 Å². The second kappa shape index (κ2) is 6.85. The summed E-state index contributed by atoms with van der Waals surface area (Å²) < 4.78 is 7.65. The first-order valence-electron chi connectivity index (χ1n) is 7.59. The van der Waals surface area contributed by atoms with E-state index in [1.54, 1.807) is 6.08 Å². The second-order valence-electron chi connectivity index (χ2n) is 5.66. The number of nitrogens with zero attached hydrogens (tertiary/aromatic N) is 4. The Morgan fingerprint density at radius 3 is 3.09 bits per heavy atom. The van der Waals surface area contributed by atoms with E-state index in [4.69, 9.17) is 4.74 Å². The van der Waals surface area contributed by atoms with E-state index in [0.717, 1.165) is 31.9 Å². The molecule has 3 rings (SSSR count). The first-order valence-corrected chi connectivity index (χ1v) is 7.59. The molecule has 0 spiro atoms. The average molecular weight is 298 g/mol. The van der Waals surface area contributed by atoms with E-state index in [1.165, 1.54) is 16.7 Å². The van der Waals surface area contributed by atoms with Crippen molar-refractivity contribution in [3.05, 3.63) is 60.0 Å². The van der Waals surface area contributed by atoms with Crippen molar-refractivity contribution in [2.24, 2.45) is 7.05 Å². The Morgan fingerprint density at radius 1 is 1.41 bits per heavy atom. The molecule has 1 aliphatic heterocycles. The fourth-order valence-corrected chi connectivity index (χ4v) is 2.89. The lowest BCUT2D eigenvalue weighted by atomic mass is 9.97. The number of aryl methyl sites for hydroxylation is 1. The number of aromatic nitrogens is 3. The third-order valence-electron chi connectivity index (χ3n) is 4.09. The summed E-state index contributed by atoms with van der Waals surface area (Å²) in [5.74, 6) is 1.10. The Bertz CT molecular complexity index is 650. The lowest BCUT2D eigenvalue weighted by Gasteiger charge is -2.29. The van der Waals surface area contributed by atoms with Gasteiger partial charge in [-0.25, -0.2) is 4.98 Å². The van der Waals surface area contributed by atoms with Crippen LogP contribution in [-0.4, -0.2) is 32.6 Å². The molecule has 2 aromatic rings. The SMILES string of the molecule is C=CCOCc1cncc2c1CCN(Cc1nccn1C)C2. The molecule has 0 saturated carbocycles. The van der Waals surface area contributed by atoms with Gasteiger partial charge in [0.15, 0.2) is 0 Å². The summed E-state index contributed by atoms with van der Waals surface area (Å²) in [4.78, 5) is 11.2. The summed E-state index contributed by atoms with van der Waals surface area (Å²) in [6, 6.07) is 0. The second-order valence-corrected chi connectivity index (χ2v) is 5.66. The van der Waals surface area contributed by atoms with Crippen molar-refractivity contribution >= 4 is 0 Å². The predicted octanol–water partition coefficient (Wildman–Crippen LogP) is 2.08. The van der Waals surface area contributed by atoms with Gasteiger partial charge in [0, 0.05) is 44.9 Å². The first kappa shape index (κ1) is 14.9. The molecule has 0 amide bonds. The predicted molar refractivity (Wildman–Crippen MR) is 85.1 cm³/mol. The molecule has 0 N–H and O–H groups in total. The van der Waals surface area contributed by atoms with Crippen LogP contribution in [0.3, 0.4) is 0 Å². The van der Waals surface area contributed by atoms with E-state index < -0.39 is 0 Å². The van der Waals surface area contributed by atoms with Crippen molar-refractivity contribution in [2.45, 2.75) is 26.1 Å². The van der Waals surface area contributed by atoms with Crippen molar-refractivity contribution in [3.63, 3.8) is 0 Å². The van der Waals surface area contributed by atoms with Crippen LogP contribution in [0.15, 0.2) is 37.4 Å². The zero-order chi connectivity index (χ0) is 15.4. The van der Waals surface area contributed by atoms with Crippen LogP contribution in [0.4, 0.5) is 0 Å². The molecule has 0 bridgehead atoms. The molecule has 0 atom stereocenters. The average Bonchev–Trinajstić information content (AvgIpc) is 2.93. The molecular weight excluding hydrogens is 276 g/mol. The number of rotatable bonds is 6. The Kier molecular flexibility index (Phi) is 4.65. The highest BCUT2D eigenvalue weighted by Crippen LogP contribution is 2.23. The van der Waals surface area contributed by atoms with Crippen LogP contribution in [0.2, 0.25) is 0 Å². The van der Waals surface area contributed by atoms with E-state index in [9.17, 15) is 0 Å². The molecule has 0 radical (unpaired) electrons. The largest absolute Gasteiger partial charge is 0.373 e. The maximum absolute atomic E-state index is 5.58. The summed E-state index contributed by atoms with van der Waals surface area (Å²) in [6.07, 6.45) is 10.6. The summed E-state index contributed by atoms with van der Waals surface area (Å²) in [6.45, 7) is 7.70. The number of pyridine rings is 1. The van der Waals surface area contributed by atoms with Gasteiger partial charge in [-0.15, -0.1) is 6.58 Å². The number of ether oxygens (including phenoxy) is 1. The summed E-state index contributed by atoms with van der Waals surface area (Å²) in [5.41, 5.74) is 3.91. The quantitative estimate of drug-likeness (QED) is 0.605. The summed E-state index contributed by atoms with van der Waals surface area (Å²) >= 11 is 0. The van der Waals surface area contributed by atoms with Crippen molar-refractivity contribution < 1.29 is 4.74 Å². The Morgan fingerprint density at radius 2 is 2.32 bits per heavy atom. The molecular formula is C17H22N4O. The molecule has 2 aromatic heterocycles.